The first kappa shape index (κ1) is 27.7. The molecule has 2 bridgehead atoms. The Morgan fingerprint density at radius 2 is 1.51 bits per heavy atom. The van der Waals surface area contributed by atoms with Gasteiger partial charge in [0.2, 0.25) is 0 Å². The van der Waals surface area contributed by atoms with Crippen LogP contribution in [-0.2, 0) is 9.59 Å². The smallest absolute Gasteiger partial charge is 0.328 e. The van der Waals surface area contributed by atoms with E-state index in [1.165, 1.54) is 25.9 Å². The fourth-order valence-corrected chi connectivity index (χ4v) is 5.00. The van der Waals surface area contributed by atoms with Gasteiger partial charge in [0.15, 0.2) is 0 Å². The van der Waals surface area contributed by atoms with Crippen molar-refractivity contribution in [2.75, 3.05) is 37.6 Å². The quantitative estimate of drug-likeness (QED) is 0.459. The molecule has 9 heteroatoms. The molecule has 2 aromatic carbocycles. The molecule has 1 amide bonds. The Morgan fingerprint density at radius 3 is 1.97 bits per heavy atom. The molecule has 0 aliphatic carbocycles. The number of benzene rings is 2. The van der Waals surface area contributed by atoms with Crippen molar-refractivity contribution in [1.82, 2.24) is 9.80 Å². The second-order valence-corrected chi connectivity index (χ2v) is 9.13. The normalized spacial score (nSPS) is 20.1. The molecule has 3 heterocycles. The summed E-state index contributed by atoms with van der Waals surface area (Å²) in [5.41, 5.74) is 2.80. The number of carbonyl (C=O) groups excluding carboxylic acids is 1. The van der Waals surface area contributed by atoms with E-state index in [0.717, 1.165) is 23.5 Å². The minimum absolute atomic E-state index is 0.0771. The minimum Gasteiger partial charge on any atom is -0.508 e. The number of aromatic hydroxyl groups is 1. The highest BCUT2D eigenvalue weighted by molar-refractivity contribution is 5.94. The van der Waals surface area contributed by atoms with E-state index in [1.54, 1.807) is 6.07 Å². The Bertz CT molecular complexity index is 1090. The zero-order valence-corrected chi connectivity index (χ0v) is 21.3. The van der Waals surface area contributed by atoms with Crippen LogP contribution in [0.5, 0.6) is 5.75 Å². The molecule has 3 N–H and O–H groups in total. The number of phenolic OH excluding ortho intramolecular Hbond substituents is 1. The van der Waals surface area contributed by atoms with Crippen LogP contribution in [0, 0.1) is 5.92 Å². The van der Waals surface area contributed by atoms with E-state index in [4.69, 9.17) is 10.2 Å². The lowest BCUT2D eigenvalue weighted by Gasteiger charge is -2.49. The van der Waals surface area contributed by atoms with E-state index >= 15 is 0 Å². The van der Waals surface area contributed by atoms with Crippen molar-refractivity contribution < 1.29 is 29.7 Å². The Kier molecular flexibility index (Phi) is 9.68. The van der Waals surface area contributed by atoms with Gasteiger partial charge in [-0.15, -0.1) is 0 Å². The summed E-state index contributed by atoms with van der Waals surface area (Å²) < 4.78 is 0. The first-order valence-corrected chi connectivity index (χ1v) is 12.6. The molecule has 9 nitrogen and oxygen atoms in total. The van der Waals surface area contributed by atoms with E-state index in [1.807, 2.05) is 43.0 Å². The second kappa shape index (κ2) is 12.9. The Hall–Kier alpha value is -3.85. The highest BCUT2D eigenvalue weighted by Gasteiger charge is 2.38. The fourth-order valence-electron chi connectivity index (χ4n) is 5.00. The zero-order chi connectivity index (χ0) is 26.9. The third-order valence-corrected chi connectivity index (χ3v) is 6.87. The number of aliphatic carboxylic acids is 2. The second-order valence-electron chi connectivity index (χ2n) is 9.13. The van der Waals surface area contributed by atoms with Gasteiger partial charge in [-0.3, -0.25) is 4.79 Å². The zero-order valence-electron chi connectivity index (χ0n) is 21.3. The first-order valence-electron chi connectivity index (χ1n) is 12.6. The van der Waals surface area contributed by atoms with Gasteiger partial charge in [0.1, 0.15) is 5.75 Å². The number of phenols is 1. The standard InChI is InChI=1S/C24H31N3O2.C4H4O4/c1-3-26(4-2)24(29)19-8-10-20(11-9-19)27(21-6-5-7-22(28)16-21)23-17-25-14-12-18(23)13-15-25;5-3(6)1-2-4(7)8/h5-11,16,18,23,28H,3-4,12-15,17H2,1-2H3;1-2H,(H,5,6)(H,7,8)/b;2-1+. The number of hydrogen-bond donors (Lipinski definition) is 3. The molecule has 0 saturated carbocycles. The number of hydrogen-bond acceptors (Lipinski definition) is 6. The molecule has 5 rings (SSSR count). The number of piperidine rings is 3. The number of amides is 1. The summed E-state index contributed by atoms with van der Waals surface area (Å²) in [7, 11) is 0. The molecule has 37 heavy (non-hydrogen) atoms. The lowest BCUT2D eigenvalue weighted by molar-refractivity contribution is -0.134. The van der Waals surface area contributed by atoms with Crippen molar-refractivity contribution in [3.05, 3.63) is 66.2 Å². The summed E-state index contributed by atoms with van der Waals surface area (Å²) in [4.78, 5) is 38.5. The van der Waals surface area contributed by atoms with Crippen LogP contribution in [0.2, 0.25) is 0 Å². The molecule has 3 fully saturated rings. The number of carboxylic acid groups (broad SMARTS) is 2. The Labute approximate surface area is 217 Å². The minimum atomic E-state index is -1.26. The van der Waals surface area contributed by atoms with E-state index in [2.05, 4.69) is 28.0 Å². The Morgan fingerprint density at radius 1 is 0.919 bits per heavy atom. The van der Waals surface area contributed by atoms with Crippen LogP contribution in [0.4, 0.5) is 11.4 Å². The predicted octanol–water partition coefficient (Wildman–Crippen LogP) is 3.82. The van der Waals surface area contributed by atoms with Crippen molar-refractivity contribution in [1.29, 1.82) is 0 Å². The van der Waals surface area contributed by atoms with Crippen molar-refractivity contribution >= 4 is 29.2 Å². The van der Waals surface area contributed by atoms with Crippen LogP contribution >= 0.6 is 0 Å². The highest BCUT2D eigenvalue weighted by atomic mass is 16.4. The lowest BCUT2D eigenvalue weighted by Crippen LogP contribution is -2.56. The average molecular weight is 510 g/mol. The molecule has 1 atom stereocenters. The van der Waals surface area contributed by atoms with E-state index in [9.17, 15) is 19.5 Å². The van der Waals surface area contributed by atoms with Crippen LogP contribution in [0.15, 0.2) is 60.7 Å². The number of carbonyl (C=O) groups is 3. The largest absolute Gasteiger partial charge is 0.508 e. The number of carboxylic acids is 2. The number of anilines is 2. The average Bonchev–Trinajstić information content (AvgIpc) is 2.90. The molecule has 3 aliphatic rings. The monoisotopic (exact) mass is 509 g/mol. The van der Waals surface area contributed by atoms with Crippen LogP contribution < -0.4 is 4.90 Å². The van der Waals surface area contributed by atoms with Crippen molar-refractivity contribution in [3.8, 4) is 5.75 Å². The molecule has 3 saturated heterocycles. The van der Waals surface area contributed by atoms with Crippen LogP contribution in [0.3, 0.4) is 0 Å². The molecule has 0 radical (unpaired) electrons. The van der Waals surface area contributed by atoms with E-state index < -0.39 is 11.9 Å². The van der Waals surface area contributed by atoms with Crippen LogP contribution in [0.25, 0.3) is 0 Å². The molecular formula is C28H35N3O6. The summed E-state index contributed by atoms with van der Waals surface area (Å²) in [6, 6.07) is 15.9. The van der Waals surface area contributed by atoms with Gasteiger partial charge in [-0.2, -0.15) is 0 Å². The van der Waals surface area contributed by atoms with Crippen molar-refractivity contribution in [2.24, 2.45) is 5.92 Å². The van der Waals surface area contributed by atoms with E-state index in [-0.39, 0.29) is 11.7 Å². The third-order valence-electron chi connectivity index (χ3n) is 6.87. The number of fused-ring (bicyclic) bond motifs is 3. The summed E-state index contributed by atoms with van der Waals surface area (Å²) in [6.07, 6.45) is 3.56. The van der Waals surface area contributed by atoms with Crippen LogP contribution in [-0.4, -0.2) is 81.7 Å². The highest BCUT2D eigenvalue weighted by Crippen LogP contribution is 2.39. The van der Waals surface area contributed by atoms with Crippen molar-refractivity contribution in [2.45, 2.75) is 32.7 Å². The van der Waals surface area contributed by atoms with Gasteiger partial charge in [-0.1, -0.05) is 6.07 Å². The predicted molar refractivity (Wildman–Crippen MR) is 141 cm³/mol. The van der Waals surface area contributed by atoms with Gasteiger partial charge in [0.25, 0.3) is 5.91 Å². The SMILES string of the molecule is CCN(CC)C(=O)c1ccc(N(c2cccc(O)c2)C2CN3CCC2CC3)cc1.O=C(O)/C=C/C(=O)O. The van der Waals surface area contributed by atoms with Gasteiger partial charge in [-0.25, -0.2) is 9.59 Å². The van der Waals surface area contributed by atoms with Gasteiger partial charge in [-0.05, 0) is 82.1 Å². The summed E-state index contributed by atoms with van der Waals surface area (Å²) in [6.45, 7) is 8.86. The van der Waals surface area contributed by atoms with Crippen LogP contribution in [0.1, 0.15) is 37.0 Å². The van der Waals surface area contributed by atoms with Gasteiger partial charge >= 0.3 is 11.9 Å². The molecule has 1 unspecified atom stereocenters. The maximum atomic E-state index is 12.7. The first-order chi connectivity index (χ1) is 17.7. The lowest BCUT2D eigenvalue weighted by atomic mass is 9.82. The fraction of sp³-hybridized carbons (Fsp3) is 0.393. The summed E-state index contributed by atoms with van der Waals surface area (Å²) in [5.74, 6) is -1.51. The molecule has 2 aromatic rings. The molecule has 0 spiro atoms. The van der Waals surface area contributed by atoms with Gasteiger partial charge < -0.3 is 30.0 Å². The molecule has 3 aliphatic heterocycles. The summed E-state index contributed by atoms with van der Waals surface area (Å²) in [5, 5.41) is 25.7. The summed E-state index contributed by atoms with van der Waals surface area (Å²) >= 11 is 0. The third kappa shape index (κ3) is 7.33. The van der Waals surface area contributed by atoms with Gasteiger partial charge in [0.05, 0.1) is 0 Å². The maximum Gasteiger partial charge on any atom is 0.328 e. The van der Waals surface area contributed by atoms with Gasteiger partial charge in [0, 0.05) is 60.8 Å². The molecule has 198 valence electrons. The number of rotatable bonds is 8. The molecule has 0 aromatic heterocycles. The Balaban J connectivity index is 0.000000414. The number of nitrogens with zero attached hydrogens (tertiary/aromatic N) is 3. The van der Waals surface area contributed by atoms with Crippen molar-refractivity contribution in [3.63, 3.8) is 0 Å². The topological polar surface area (TPSA) is 122 Å². The maximum absolute atomic E-state index is 12.7. The van der Waals surface area contributed by atoms with E-state index in [0.29, 0.717) is 37.2 Å². The molecular weight excluding hydrogens is 474 g/mol.